The first kappa shape index (κ1) is 14.3. The molecule has 7 nitrogen and oxygen atoms in total. The van der Waals surface area contributed by atoms with E-state index in [-0.39, 0.29) is 11.4 Å². The number of carbonyl (C=O) groups excluding carboxylic acids is 1. The van der Waals surface area contributed by atoms with Crippen LogP contribution in [0, 0.1) is 0 Å². The molecule has 108 valence electrons. The Morgan fingerprint density at radius 1 is 1.35 bits per heavy atom. The average molecular weight is 278 g/mol. The topological polar surface area (TPSA) is 103 Å². The number of urea groups is 1. The van der Waals surface area contributed by atoms with Crippen LogP contribution in [0.4, 0.5) is 10.5 Å². The fraction of sp³-hybridized carbons (Fsp3) is 0.462. The lowest BCUT2D eigenvalue weighted by molar-refractivity contribution is 0.0692. The highest BCUT2D eigenvalue weighted by molar-refractivity contribution is 5.98. The van der Waals surface area contributed by atoms with E-state index >= 15 is 0 Å². The number of hydrogen-bond donors (Lipinski definition) is 4. The van der Waals surface area contributed by atoms with Crippen molar-refractivity contribution in [3.05, 3.63) is 24.0 Å². The summed E-state index contributed by atoms with van der Waals surface area (Å²) in [5, 5.41) is 17.5. The Balaban J connectivity index is 1.71. The fourth-order valence-corrected chi connectivity index (χ4v) is 1.73. The Kier molecular flexibility index (Phi) is 4.89. The van der Waals surface area contributed by atoms with E-state index in [1.165, 1.54) is 25.1 Å². The van der Waals surface area contributed by atoms with Crippen molar-refractivity contribution < 1.29 is 14.7 Å². The summed E-state index contributed by atoms with van der Waals surface area (Å²) in [5.74, 6) is -1.17. The highest BCUT2D eigenvalue weighted by Crippen LogP contribution is 2.18. The largest absolute Gasteiger partial charge is 0.476 e. The molecule has 2 amide bonds. The maximum absolute atomic E-state index is 11.6. The van der Waals surface area contributed by atoms with Gasteiger partial charge in [0.25, 0.3) is 0 Å². The molecule has 1 saturated carbocycles. The number of aromatic nitrogens is 1. The second-order valence-corrected chi connectivity index (χ2v) is 4.67. The lowest BCUT2D eigenvalue weighted by Gasteiger charge is -2.09. The van der Waals surface area contributed by atoms with Crippen LogP contribution in [0.25, 0.3) is 0 Å². The van der Waals surface area contributed by atoms with Gasteiger partial charge >= 0.3 is 12.0 Å². The highest BCUT2D eigenvalue weighted by atomic mass is 16.4. The van der Waals surface area contributed by atoms with Gasteiger partial charge in [-0.3, -0.25) is 0 Å². The minimum absolute atomic E-state index is 0.168. The molecule has 1 heterocycles. The van der Waals surface area contributed by atoms with Gasteiger partial charge in [-0.2, -0.15) is 0 Å². The monoisotopic (exact) mass is 278 g/mol. The van der Waals surface area contributed by atoms with Crippen LogP contribution in [0.1, 0.15) is 29.8 Å². The highest BCUT2D eigenvalue weighted by Gasteiger charge is 2.19. The van der Waals surface area contributed by atoms with Gasteiger partial charge in [-0.1, -0.05) is 0 Å². The standard InChI is InChI=1S/C13H18N4O3/c18-12(19)11-10(3-1-6-15-11)17-13(20)16-8-2-7-14-9-4-5-9/h1,3,6,9,14H,2,4-5,7-8H2,(H,18,19)(H2,16,17,20). The van der Waals surface area contributed by atoms with Crippen molar-refractivity contribution in [2.75, 3.05) is 18.4 Å². The first-order valence-electron chi connectivity index (χ1n) is 6.63. The molecule has 0 radical (unpaired) electrons. The van der Waals surface area contributed by atoms with Crippen molar-refractivity contribution in [1.29, 1.82) is 0 Å². The Bertz CT molecular complexity index is 488. The van der Waals surface area contributed by atoms with Gasteiger partial charge in [0.2, 0.25) is 0 Å². The Hall–Kier alpha value is -2.15. The molecule has 0 unspecified atom stereocenters. The molecule has 1 aliphatic rings. The molecular weight excluding hydrogens is 260 g/mol. The van der Waals surface area contributed by atoms with E-state index in [2.05, 4.69) is 20.9 Å². The maximum atomic E-state index is 11.6. The lowest BCUT2D eigenvalue weighted by Crippen LogP contribution is -2.32. The molecular formula is C13H18N4O3. The van der Waals surface area contributed by atoms with Crippen LogP contribution < -0.4 is 16.0 Å². The van der Waals surface area contributed by atoms with Crippen LogP contribution in [-0.2, 0) is 0 Å². The number of pyridine rings is 1. The van der Waals surface area contributed by atoms with E-state index in [1.54, 1.807) is 6.07 Å². The summed E-state index contributed by atoms with van der Waals surface area (Å²) in [6.45, 7) is 1.41. The number of carboxylic acids is 1. The van der Waals surface area contributed by atoms with E-state index in [4.69, 9.17) is 5.11 Å². The number of aromatic carboxylic acids is 1. The lowest BCUT2D eigenvalue weighted by atomic mass is 10.3. The van der Waals surface area contributed by atoms with Gasteiger partial charge in [-0.25, -0.2) is 14.6 Å². The quantitative estimate of drug-likeness (QED) is 0.558. The number of anilines is 1. The van der Waals surface area contributed by atoms with E-state index in [0.717, 1.165) is 13.0 Å². The minimum Gasteiger partial charge on any atom is -0.476 e. The molecule has 0 aliphatic heterocycles. The zero-order valence-electron chi connectivity index (χ0n) is 11.1. The zero-order chi connectivity index (χ0) is 14.4. The number of carbonyl (C=O) groups is 2. The Morgan fingerprint density at radius 2 is 2.15 bits per heavy atom. The van der Waals surface area contributed by atoms with Crippen LogP contribution >= 0.6 is 0 Å². The van der Waals surface area contributed by atoms with Crippen molar-refractivity contribution in [3.63, 3.8) is 0 Å². The number of amides is 2. The molecule has 1 aromatic rings. The molecule has 0 spiro atoms. The normalized spacial score (nSPS) is 13.8. The van der Waals surface area contributed by atoms with Gasteiger partial charge in [0.15, 0.2) is 5.69 Å². The van der Waals surface area contributed by atoms with Crippen LogP contribution in [-0.4, -0.2) is 41.2 Å². The predicted octanol–water partition coefficient (Wildman–Crippen LogP) is 1.04. The van der Waals surface area contributed by atoms with Crippen molar-refractivity contribution in [2.45, 2.75) is 25.3 Å². The molecule has 2 rings (SSSR count). The van der Waals surface area contributed by atoms with Crippen LogP contribution in [0.2, 0.25) is 0 Å². The SMILES string of the molecule is O=C(NCCCNC1CC1)Nc1cccnc1C(=O)O. The number of rotatable bonds is 7. The predicted molar refractivity (Wildman–Crippen MR) is 73.9 cm³/mol. The summed E-state index contributed by atoms with van der Waals surface area (Å²) in [6.07, 6.45) is 4.69. The third-order valence-corrected chi connectivity index (χ3v) is 2.91. The van der Waals surface area contributed by atoms with Gasteiger partial charge in [-0.15, -0.1) is 0 Å². The van der Waals surface area contributed by atoms with Crippen LogP contribution in [0.3, 0.4) is 0 Å². The number of carboxylic acid groups (broad SMARTS) is 1. The number of hydrogen-bond acceptors (Lipinski definition) is 4. The van der Waals surface area contributed by atoms with Gasteiger partial charge < -0.3 is 21.1 Å². The van der Waals surface area contributed by atoms with Crippen LogP contribution in [0.15, 0.2) is 18.3 Å². The van der Waals surface area contributed by atoms with Gasteiger partial charge in [0.05, 0.1) is 5.69 Å². The second-order valence-electron chi connectivity index (χ2n) is 4.67. The molecule has 1 aromatic heterocycles. The van der Waals surface area contributed by atoms with Crippen LogP contribution in [0.5, 0.6) is 0 Å². The summed E-state index contributed by atoms with van der Waals surface area (Å²) >= 11 is 0. The molecule has 4 N–H and O–H groups in total. The number of nitrogens with one attached hydrogen (secondary N) is 3. The maximum Gasteiger partial charge on any atom is 0.356 e. The van der Waals surface area contributed by atoms with E-state index < -0.39 is 12.0 Å². The smallest absolute Gasteiger partial charge is 0.356 e. The molecule has 0 bridgehead atoms. The summed E-state index contributed by atoms with van der Waals surface area (Å²) < 4.78 is 0. The molecule has 0 atom stereocenters. The van der Waals surface area contributed by atoms with Crippen molar-refractivity contribution in [2.24, 2.45) is 0 Å². The molecule has 0 aromatic carbocycles. The van der Waals surface area contributed by atoms with Gasteiger partial charge in [0.1, 0.15) is 0 Å². The van der Waals surface area contributed by atoms with E-state index in [9.17, 15) is 9.59 Å². The van der Waals surface area contributed by atoms with Gasteiger partial charge in [-0.05, 0) is 37.9 Å². The third kappa shape index (κ3) is 4.51. The van der Waals surface area contributed by atoms with Crippen molar-refractivity contribution in [1.82, 2.24) is 15.6 Å². The summed E-state index contributed by atoms with van der Waals surface area (Å²) in [5.41, 5.74) is 0.0201. The minimum atomic E-state index is -1.17. The first-order valence-corrected chi connectivity index (χ1v) is 6.63. The summed E-state index contributed by atoms with van der Waals surface area (Å²) in [6, 6.07) is 3.32. The summed E-state index contributed by atoms with van der Waals surface area (Å²) in [7, 11) is 0. The van der Waals surface area contributed by atoms with Gasteiger partial charge in [0, 0.05) is 18.8 Å². The molecule has 7 heteroatoms. The first-order chi connectivity index (χ1) is 9.66. The van der Waals surface area contributed by atoms with Crippen molar-refractivity contribution in [3.8, 4) is 0 Å². The molecule has 1 aliphatic carbocycles. The molecule has 1 fully saturated rings. The number of nitrogens with zero attached hydrogens (tertiary/aromatic N) is 1. The van der Waals surface area contributed by atoms with E-state index in [1.807, 2.05) is 0 Å². The van der Waals surface area contributed by atoms with Crippen molar-refractivity contribution >= 4 is 17.7 Å². The average Bonchev–Trinajstić information content (AvgIpc) is 3.23. The fourth-order valence-electron chi connectivity index (χ4n) is 1.73. The zero-order valence-corrected chi connectivity index (χ0v) is 11.1. The Labute approximate surface area is 116 Å². The van der Waals surface area contributed by atoms with E-state index in [0.29, 0.717) is 12.6 Å². The molecule has 0 saturated heterocycles. The summed E-state index contributed by atoms with van der Waals surface area (Å²) in [4.78, 5) is 26.3. The molecule has 20 heavy (non-hydrogen) atoms. The third-order valence-electron chi connectivity index (χ3n) is 2.91. The Morgan fingerprint density at radius 3 is 2.85 bits per heavy atom. The second kappa shape index (κ2) is 6.85.